The lowest BCUT2D eigenvalue weighted by molar-refractivity contribution is 0.269. The summed E-state index contributed by atoms with van der Waals surface area (Å²) < 4.78 is 12.9. The zero-order valence-corrected chi connectivity index (χ0v) is 22.3. The van der Waals surface area contributed by atoms with Crippen molar-refractivity contribution >= 4 is 50.5 Å². The summed E-state index contributed by atoms with van der Waals surface area (Å²) in [5, 5.41) is 4.95. The Kier molecular flexibility index (Phi) is 8.87. The van der Waals surface area contributed by atoms with Gasteiger partial charge in [0.15, 0.2) is 11.5 Å². The van der Waals surface area contributed by atoms with Crippen LogP contribution >= 0.6 is 39.1 Å². The minimum Gasteiger partial charge on any atom is -0.490 e. The fraction of sp³-hybridized carbons (Fsp3) is 0.333. The van der Waals surface area contributed by atoms with Gasteiger partial charge in [0, 0.05) is 40.4 Å². The summed E-state index contributed by atoms with van der Waals surface area (Å²) in [6.07, 6.45) is 3.76. The molecule has 0 radical (unpaired) electrons. The molecule has 1 fully saturated rings. The third-order valence-electron chi connectivity index (χ3n) is 5.88. The molecular formula is C27H29BrCl2N2O2. The Morgan fingerprint density at radius 3 is 2.38 bits per heavy atom. The van der Waals surface area contributed by atoms with Gasteiger partial charge in [0.2, 0.25) is 0 Å². The number of nitrogens with one attached hydrogen (secondary N) is 1. The van der Waals surface area contributed by atoms with E-state index in [1.54, 1.807) is 0 Å². The molecule has 0 unspecified atom stereocenters. The highest BCUT2D eigenvalue weighted by Gasteiger charge is 2.15. The average Bonchev–Trinajstić information content (AvgIpc) is 2.84. The van der Waals surface area contributed by atoms with Crippen LogP contribution in [0.4, 0.5) is 11.4 Å². The van der Waals surface area contributed by atoms with Gasteiger partial charge in [-0.2, -0.15) is 0 Å². The lowest BCUT2D eigenvalue weighted by atomic mass is 10.1. The van der Waals surface area contributed by atoms with Crippen LogP contribution in [0.2, 0.25) is 10.0 Å². The van der Waals surface area contributed by atoms with E-state index in [1.807, 2.05) is 49.4 Å². The number of nitrogens with zero attached hydrogens (tertiary/aromatic N) is 1. The monoisotopic (exact) mass is 562 g/mol. The maximum atomic E-state index is 6.62. The van der Waals surface area contributed by atoms with Crippen LogP contribution in [0.5, 0.6) is 11.5 Å². The van der Waals surface area contributed by atoms with Gasteiger partial charge in [-0.1, -0.05) is 57.3 Å². The summed E-state index contributed by atoms with van der Waals surface area (Å²) >= 11 is 16.6. The largest absolute Gasteiger partial charge is 0.490 e. The Labute approximate surface area is 220 Å². The van der Waals surface area contributed by atoms with E-state index in [0.29, 0.717) is 36.3 Å². The summed E-state index contributed by atoms with van der Waals surface area (Å²) in [6.45, 7) is 5.64. The van der Waals surface area contributed by atoms with Crippen LogP contribution in [-0.2, 0) is 13.2 Å². The van der Waals surface area contributed by atoms with Crippen LogP contribution < -0.4 is 19.7 Å². The zero-order valence-electron chi connectivity index (χ0n) is 19.3. The van der Waals surface area contributed by atoms with Crippen LogP contribution in [0.3, 0.4) is 0 Å². The second-order valence-corrected chi connectivity index (χ2v) is 9.94. The van der Waals surface area contributed by atoms with Gasteiger partial charge in [0.1, 0.15) is 6.61 Å². The van der Waals surface area contributed by atoms with Crippen LogP contribution in [0.1, 0.15) is 37.3 Å². The Balaban J connectivity index is 1.45. The van der Waals surface area contributed by atoms with Gasteiger partial charge in [-0.05, 0) is 68.1 Å². The second-order valence-electron chi connectivity index (χ2n) is 8.27. The standard InChI is InChI=1S/C27H29BrCl2N2O2/c1-2-33-26-14-20(22(28)16-27(26)34-18-19-8-4-5-9-23(19)29)17-31-21-10-11-25(24(30)15-21)32-12-6-3-7-13-32/h4-5,8-11,14-16,31H,2-3,6-7,12-13,17-18H2,1H3. The van der Waals surface area contributed by atoms with Crippen LogP contribution in [-0.4, -0.2) is 19.7 Å². The van der Waals surface area contributed by atoms with Crippen molar-refractivity contribution in [3.8, 4) is 11.5 Å². The molecule has 180 valence electrons. The van der Waals surface area contributed by atoms with E-state index in [-0.39, 0.29) is 0 Å². The molecule has 1 N–H and O–H groups in total. The van der Waals surface area contributed by atoms with Gasteiger partial charge >= 0.3 is 0 Å². The highest BCUT2D eigenvalue weighted by atomic mass is 79.9. The fourth-order valence-electron chi connectivity index (χ4n) is 4.07. The van der Waals surface area contributed by atoms with Crippen molar-refractivity contribution in [3.05, 3.63) is 80.2 Å². The molecule has 4 nitrogen and oxygen atoms in total. The number of ether oxygens (including phenoxy) is 2. The lowest BCUT2D eigenvalue weighted by Crippen LogP contribution is -2.29. The number of rotatable bonds is 9. The number of benzene rings is 3. The maximum Gasteiger partial charge on any atom is 0.162 e. The van der Waals surface area contributed by atoms with E-state index in [4.69, 9.17) is 32.7 Å². The van der Waals surface area contributed by atoms with Crippen LogP contribution in [0, 0.1) is 0 Å². The van der Waals surface area contributed by atoms with E-state index in [2.05, 4.69) is 38.3 Å². The molecule has 0 amide bonds. The van der Waals surface area contributed by atoms with Crippen molar-refractivity contribution in [1.82, 2.24) is 0 Å². The summed E-state index contributed by atoms with van der Waals surface area (Å²) in [6, 6.07) is 17.8. The smallest absolute Gasteiger partial charge is 0.162 e. The fourth-order valence-corrected chi connectivity index (χ4v) is 5.02. The first kappa shape index (κ1) is 25.0. The van der Waals surface area contributed by atoms with E-state index >= 15 is 0 Å². The summed E-state index contributed by atoms with van der Waals surface area (Å²) in [5.74, 6) is 1.37. The zero-order chi connectivity index (χ0) is 23.9. The molecule has 0 atom stereocenters. The Morgan fingerprint density at radius 1 is 0.882 bits per heavy atom. The van der Waals surface area contributed by atoms with Crippen molar-refractivity contribution in [2.75, 3.05) is 29.9 Å². The molecule has 7 heteroatoms. The van der Waals surface area contributed by atoms with Crippen molar-refractivity contribution < 1.29 is 9.47 Å². The number of anilines is 2. The third kappa shape index (κ3) is 6.32. The average molecular weight is 564 g/mol. The summed E-state index contributed by atoms with van der Waals surface area (Å²) in [7, 11) is 0. The SMILES string of the molecule is CCOc1cc(CNc2ccc(N3CCCCC3)c(Cl)c2)c(Br)cc1OCc1ccccc1Cl. The molecule has 34 heavy (non-hydrogen) atoms. The first-order chi connectivity index (χ1) is 16.5. The topological polar surface area (TPSA) is 33.7 Å². The van der Waals surface area contributed by atoms with Gasteiger partial charge < -0.3 is 19.7 Å². The highest BCUT2D eigenvalue weighted by molar-refractivity contribution is 9.10. The number of hydrogen-bond donors (Lipinski definition) is 1. The van der Waals surface area contributed by atoms with Gasteiger partial charge in [-0.15, -0.1) is 0 Å². The molecule has 1 heterocycles. The second kappa shape index (κ2) is 12.1. The Hall–Kier alpha value is -2.08. The van der Waals surface area contributed by atoms with Crippen molar-refractivity contribution in [3.63, 3.8) is 0 Å². The predicted octanol–water partition coefficient (Wildman–Crippen LogP) is 8.34. The van der Waals surface area contributed by atoms with Crippen molar-refractivity contribution in [2.45, 2.75) is 39.3 Å². The number of halogens is 3. The molecule has 4 rings (SSSR count). The highest BCUT2D eigenvalue weighted by Crippen LogP contribution is 2.36. The molecule has 0 aliphatic carbocycles. The molecule has 0 spiro atoms. The van der Waals surface area contributed by atoms with Crippen LogP contribution in [0.25, 0.3) is 0 Å². The lowest BCUT2D eigenvalue weighted by Gasteiger charge is -2.29. The van der Waals surface area contributed by atoms with E-state index in [9.17, 15) is 0 Å². The van der Waals surface area contributed by atoms with E-state index in [0.717, 1.165) is 45.1 Å². The number of piperidine rings is 1. The molecule has 0 bridgehead atoms. The molecule has 1 aliphatic heterocycles. The molecular weight excluding hydrogens is 535 g/mol. The quantitative estimate of drug-likeness (QED) is 0.283. The molecule has 1 saturated heterocycles. The molecule has 3 aromatic carbocycles. The van der Waals surface area contributed by atoms with Gasteiger partial charge in [-0.3, -0.25) is 0 Å². The minimum atomic E-state index is 0.367. The predicted molar refractivity (Wildman–Crippen MR) is 146 cm³/mol. The van der Waals surface area contributed by atoms with E-state index < -0.39 is 0 Å². The molecule has 0 saturated carbocycles. The molecule has 1 aliphatic rings. The number of hydrogen-bond acceptors (Lipinski definition) is 4. The summed E-state index contributed by atoms with van der Waals surface area (Å²) in [5.41, 5.74) is 4.09. The van der Waals surface area contributed by atoms with Crippen molar-refractivity contribution in [2.24, 2.45) is 0 Å². The molecule has 3 aromatic rings. The van der Waals surface area contributed by atoms with Gasteiger partial charge in [0.25, 0.3) is 0 Å². The van der Waals surface area contributed by atoms with Gasteiger partial charge in [0.05, 0.1) is 17.3 Å². The first-order valence-corrected chi connectivity index (χ1v) is 13.2. The van der Waals surface area contributed by atoms with E-state index in [1.165, 1.54) is 19.3 Å². The third-order valence-corrected chi connectivity index (χ3v) is 7.29. The Morgan fingerprint density at radius 2 is 1.65 bits per heavy atom. The van der Waals surface area contributed by atoms with Crippen LogP contribution in [0.15, 0.2) is 59.1 Å². The summed E-state index contributed by atoms with van der Waals surface area (Å²) in [4.78, 5) is 2.38. The Bertz CT molecular complexity index is 1120. The normalized spacial score (nSPS) is 13.6. The first-order valence-electron chi connectivity index (χ1n) is 11.6. The minimum absolute atomic E-state index is 0.367. The van der Waals surface area contributed by atoms with Gasteiger partial charge in [-0.25, -0.2) is 0 Å². The maximum absolute atomic E-state index is 6.62. The van der Waals surface area contributed by atoms with Crippen molar-refractivity contribution in [1.29, 1.82) is 0 Å². The molecule has 0 aromatic heterocycles.